The van der Waals surface area contributed by atoms with E-state index in [4.69, 9.17) is 18.9 Å². The van der Waals surface area contributed by atoms with Crippen molar-refractivity contribution < 1.29 is 66.7 Å². The molecule has 30 heteroatoms. The number of aromatic amines is 2. The van der Waals surface area contributed by atoms with Gasteiger partial charge >= 0.3 is 24.4 Å². The minimum atomic E-state index is -1.24. The molecule has 4 saturated heterocycles. The maximum Gasteiger partial charge on any atom is 0.414 e. The number of likely N-dealkylation sites (tertiary alicyclic amines) is 2. The van der Waals surface area contributed by atoms with Crippen molar-refractivity contribution in [2.24, 2.45) is 11.8 Å². The number of nitrogens with zero attached hydrogens (tertiary/aromatic N) is 13. The Hall–Kier alpha value is -10.6. The zero-order chi connectivity index (χ0) is 68.8. The van der Waals surface area contributed by atoms with Crippen LogP contribution in [0.1, 0.15) is 88.5 Å². The van der Waals surface area contributed by atoms with Crippen LogP contribution in [0.2, 0.25) is 0 Å². The molecule has 8 heterocycles. The van der Waals surface area contributed by atoms with E-state index in [-0.39, 0.29) is 48.8 Å². The van der Waals surface area contributed by atoms with E-state index in [0.717, 1.165) is 40.3 Å². The number of halogens is 2. The fraction of sp³-hybridized carbons (Fsp3) is 0.403. The summed E-state index contributed by atoms with van der Waals surface area (Å²) in [5.74, 6) is -0.618. The number of carboxylic acid groups (broad SMARTS) is 2. The summed E-state index contributed by atoms with van der Waals surface area (Å²) in [5, 5.41) is 37.2. The molecule has 4 aliphatic rings. The molecule has 510 valence electrons. The molecule has 4 aliphatic heterocycles. The number of methoxy groups -OCH3 is 2. The van der Waals surface area contributed by atoms with Gasteiger partial charge in [0.2, 0.25) is 11.8 Å². The van der Waals surface area contributed by atoms with E-state index in [0.29, 0.717) is 109 Å². The number of H-pyrrole nitrogens is 2. The fourth-order valence-electron chi connectivity index (χ4n) is 12.8. The number of nitrogens with one attached hydrogen (secondary N) is 3. The van der Waals surface area contributed by atoms with Gasteiger partial charge in [0.25, 0.3) is 0 Å². The zero-order valence-electron chi connectivity index (χ0n) is 54.5. The van der Waals surface area contributed by atoms with Gasteiger partial charge in [-0.15, -0.1) is 10.2 Å². The van der Waals surface area contributed by atoms with E-state index in [9.17, 15) is 39.0 Å². The Morgan fingerprint density at radius 2 is 1.07 bits per heavy atom. The van der Waals surface area contributed by atoms with Crippen molar-refractivity contribution in [3.05, 3.63) is 144 Å². The predicted octanol–water partition coefficient (Wildman–Crippen LogP) is 9.55. The molecule has 0 saturated carbocycles. The lowest BCUT2D eigenvalue weighted by Crippen LogP contribution is -2.51. The first kappa shape index (κ1) is 67.8. The summed E-state index contributed by atoms with van der Waals surface area (Å²) < 4.78 is 55.1. The Morgan fingerprint density at radius 1 is 0.639 bits per heavy atom. The van der Waals surface area contributed by atoms with Crippen LogP contribution in [0.25, 0.3) is 44.8 Å². The maximum absolute atomic E-state index is 15.4. The van der Waals surface area contributed by atoms with Crippen LogP contribution in [0.3, 0.4) is 0 Å². The highest BCUT2D eigenvalue weighted by Crippen LogP contribution is 2.38. The van der Waals surface area contributed by atoms with Crippen LogP contribution in [0.5, 0.6) is 0 Å². The minimum Gasteiger partial charge on any atom is -0.465 e. The van der Waals surface area contributed by atoms with Gasteiger partial charge in [-0.1, -0.05) is 86.7 Å². The fourth-order valence-corrected chi connectivity index (χ4v) is 12.8. The highest BCUT2D eigenvalue weighted by Gasteiger charge is 2.41. The molecule has 4 aromatic heterocycles. The molecule has 4 aromatic carbocycles. The first-order valence-corrected chi connectivity index (χ1v) is 31.8. The van der Waals surface area contributed by atoms with Crippen LogP contribution in [0.15, 0.2) is 110 Å². The van der Waals surface area contributed by atoms with Crippen LogP contribution >= 0.6 is 0 Å². The van der Waals surface area contributed by atoms with Crippen molar-refractivity contribution in [1.82, 2.24) is 69.9 Å². The third kappa shape index (κ3) is 15.2. The quantitative estimate of drug-likeness (QED) is 0.0421. The third-order valence-electron chi connectivity index (χ3n) is 17.5. The lowest BCUT2D eigenvalue weighted by molar-refractivity contribution is -0.138. The lowest BCUT2D eigenvalue weighted by Gasteiger charge is -2.33. The molecule has 28 nitrogen and oxygen atoms in total. The Morgan fingerprint density at radius 3 is 1.46 bits per heavy atom. The minimum absolute atomic E-state index is 0.197. The molecule has 97 heavy (non-hydrogen) atoms. The first-order valence-electron chi connectivity index (χ1n) is 31.8. The standard InChI is InChI=1S/C34H39FN8O6.C33H37FN8O6/c1-20(2)30(40(3)33(45)46)32(44)42-13-5-6-29(42)31-36-15-28(37-31)22-9-7-21(8-10-22)26-12-11-24(14-27(26)35)43-18-25(49-34(43)47)17-41-16-23(19-48-4)38-39-41;1-19(2)29(37-32(44)45)31(43)41-12-4-5-28(41)30-35-14-27(36-30)21-8-6-20(7-9-21)25-11-10-23(13-26(25)34)42-17-24(48-33(42)46)16-40-15-22(18-47-3)38-39-40/h7-12,14-16,20,25,29-30H,5-6,13,17-19H2,1-4H3,(H,36,37)(H,45,46);6-11,13-15,19,24,28-29,37H,4-5,12,16-18H2,1-3H3,(H,35,36)(H,44,45)/t25-,29-,30-;24-,28-,29-/m00/s1. The van der Waals surface area contributed by atoms with Crippen molar-refractivity contribution in [2.45, 2.75) is 116 Å². The Bertz CT molecular complexity index is 4140. The Labute approximate surface area is 556 Å². The van der Waals surface area contributed by atoms with Crippen LogP contribution < -0.4 is 15.1 Å². The van der Waals surface area contributed by atoms with Crippen LogP contribution in [0, 0.1) is 23.5 Å². The molecule has 4 fully saturated rings. The summed E-state index contributed by atoms with van der Waals surface area (Å²) in [6, 6.07) is 21.7. The van der Waals surface area contributed by atoms with Gasteiger partial charge in [0.1, 0.15) is 59.0 Å². The Kier molecular flexibility index (Phi) is 20.7. The summed E-state index contributed by atoms with van der Waals surface area (Å²) in [6.45, 7) is 10.1. The molecule has 0 radical (unpaired) electrons. The summed E-state index contributed by atoms with van der Waals surface area (Å²) >= 11 is 0. The van der Waals surface area contributed by atoms with Crippen LogP contribution in [-0.2, 0) is 54.8 Å². The predicted molar refractivity (Wildman–Crippen MR) is 347 cm³/mol. The molecule has 0 unspecified atom stereocenters. The van der Waals surface area contributed by atoms with Crippen molar-refractivity contribution >= 4 is 47.6 Å². The van der Waals surface area contributed by atoms with Crippen LogP contribution in [-0.4, -0.2) is 183 Å². The normalized spacial score (nSPS) is 18.3. The number of carbonyl (C=O) groups is 6. The first-order chi connectivity index (χ1) is 46.6. The maximum atomic E-state index is 15.4. The van der Waals surface area contributed by atoms with Gasteiger partial charge in [0.05, 0.1) is 99.0 Å². The topological polar surface area (TPSA) is 327 Å². The molecule has 12 rings (SSSR count). The van der Waals surface area contributed by atoms with E-state index in [1.54, 1.807) is 108 Å². The van der Waals surface area contributed by atoms with Crippen molar-refractivity contribution in [3.63, 3.8) is 0 Å². The molecule has 5 N–H and O–H groups in total. The summed E-state index contributed by atoms with van der Waals surface area (Å²) in [7, 11) is 4.56. The van der Waals surface area contributed by atoms with E-state index in [1.807, 2.05) is 50.2 Å². The molecule has 0 aliphatic carbocycles. The number of carbonyl (C=O) groups excluding carboxylic acids is 4. The molecule has 6 amide bonds. The van der Waals surface area contributed by atoms with Gasteiger partial charge < -0.3 is 54.2 Å². The molecule has 0 spiro atoms. The number of hydrogen-bond acceptors (Lipinski definition) is 16. The number of anilines is 2. The number of aromatic nitrogens is 10. The van der Waals surface area contributed by atoms with Gasteiger partial charge in [0, 0.05) is 45.5 Å². The number of amides is 6. The summed E-state index contributed by atoms with van der Waals surface area (Å²) in [4.78, 5) is 98.1. The van der Waals surface area contributed by atoms with E-state index < -0.39 is 60.3 Å². The number of imidazole rings is 2. The molecular formula is C67H76F2N16O12. The highest BCUT2D eigenvalue weighted by atomic mass is 19.1. The molecule has 8 aromatic rings. The van der Waals surface area contributed by atoms with Gasteiger partial charge in [-0.2, -0.15) is 0 Å². The second kappa shape index (κ2) is 29.6. The number of likely N-dealkylation sites (N-methyl/N-ethyl adjacent to an activating group) is 1. The van der Waals surface area contributed by atoms with E-state index >= 15 is 8.78 Å². The highest BCUT2D eigenvalue weighted by molar-refractivity contribution is 5.91. The molecule has 0 bridgehead atoms. The third-order valence-corrected chi connectivity index (χ3v) is 17.5. The van der Waals surface area contributed by atoms with Gasteiger partial charge in [-0.05, 0) is 96.2 Å². The van der Waals surface area contributed by atoms with Crippen molar-refractivity contribution in [2.75, 3.05) is 57.2 Å². The molecule has 6 atom stereocenters. The summed E-state index contributed by atoms with van der Waals surface area (Å²) in [5.41, 5.74) is 7.30. The van der Waals surface area contributed by atoms with E-state index in [2.05, 4.69) is 45.9 Å². The van der Waals surface area contributed by atoms with Crippen molar-refractivity contribution in [3.8, 4) is 44.8 Å². The number of rotatable bonds is 22. The smallest absolute Gasteiger partial charge is 0.414 e. The van der Waals surface area contributed by atoms with E-state index in [1.165, 1.54) is 29.0 Å². The monoisotopic (exact) mass is 1330 g/mol. The number of benzene rings is 4. The lowest BCUT2D eigenvalue weighted by atomic mass is 10.0. The summed E-state index contributed by atoms with van der Waals surface area (Å²) in [6.07, 6.45) is 5.37. The van der Waals surface area contributed by atoms with Gasteiger partial charge in [0.15, 0.2) is 0 Å². The van der Waals surface area contributed by atoms with Gasteiger partial charge in [-0.25, -0.2) is 47.3 Å². The zero-order valence-corrected chi connectivity index (χ0v) is 54.5. The number of hydrogen-bond donors (Lipinski definition) is 5. The number of ether oxygens (including phenoxy) is 4. The second-order valence-corrected chi connectivity index (χ2v) is 24.9. The van der Waals surface area contributed by atoms with Gasteiger partial charge in [-0.3, -0.25) is 24.3 Å². The second-order valence-electron chi connectivity index (χ2n) is 24.9. The largest absolute Gasteiger partial charge is 0.465 e. The number of cyclic esters (lactones) is 2. The average molecular weight is 1340 g/mol. The van der Waals surface area contributed by atoms with Crippen molar-refractivity contribution in [1.29, 1.82) is 0 Å². The Balaban J connectivity index is 0.000000197. The SMILES string of the molecule is COCc1cn(C[C@H]2CN(c3ccc(-c4ccc(-c5cnc([C@@H]6CCCN6C(=O)[C@@H](NC(=O)O)C(C)C)[nH]5)cc4)c(F)c3)C(=O)O2)nn1.COCc1cn(C[C@H]2CN(c3ccc(-c4ccc(-c5cnc([C@@H]6CCCN6C(=O)[C@H](C(C)C)N(C)C(=O)O)[nH]5)cc4)c(F)c3)C(=O)O2)nn1. The molecular weight excluding hydrogens is 1260 g/mol. The van der Waals surface area contributed by atoms with Crippen LogP contribution in [0.4, 0.5) is 39.3 Å². The average Bonchev–Trinajstić information content (AvgIpc) is 1.75.